The maximum Gasteiger partial charge on any atom is 0.335 e. The van der Waals surface area contributed by atoms with Crippen LogP contribution in [-0.4, -0.2) is 24.8 Å². The fourth-order valence-electron chi connectivity index (χ4n) is 2.03. The molecule has 0 radical (unpaired) electrons. The highest BCUT2D eigenvalue weighted by atomic mass is 16.5. The molecule has 0 amide bonds. The van der Waals surface area contributed by atoms with Crippen LogP contribution in [0.3, 0.4) is 0 Å². The fraction of sp³-hybridized carbons (Fsp3) is 0.562. The molecule has 1 unspecified atom stereocenters. The van der Waals surface area contributed by atoms with E-state index in [0.29, 0.717) is 24.0 Å². The van der Waals surface area contributed by atoms with Crippen molar-refractivity contribution in [3.63, 3.8) is 0 Å². The molecule has 4 heteroatoms. The van der Waals surface area contributed by atoms with Gasteiger partial charge in [0.2, 0.25) is 0 Å². The van der Waals surface area contributed by atoms with Crippen molar-refractivity contribution in [3.8, 4) is 11.5 Å². The van der Waals surface area contributed by atoms with Crippen LogP contribution in [0, 0.1) is 5.92 Å². The van der Waals surface area contributed by atoms with Crippen molar-refractivity contribution in [1.29, 1.82) is 0 Å². The summed E-state index contributed by atoms with van der Waals surface area (Å²) >= 11 is 0. The van der Waals surface area contributed by atoms with Crippen LogP contribution < -0.4 is 9.47 Å². The Bertz CT molecular complexity index is 428. The Morgan fingerprint density at radius 1 is 1.30 bits per heavy atom. The van der Waals surface area contributed by atoms with E-state index in [1.165, 1.54) is 32.1 Å². The summed E-state index contributed by atoms with van der Waals surface area (Å²) in [6.45, 7) is 4.98. The summed E-state index contributed by atoms with van der Waals surface area (Å²) in [5.74, 6) is 0.630. The summed E-state index contributed by atoms with van der Waals surface area (Å²) in [6.07, 6.45) is 4.63. The van der Waals surface area contributed by atoms with Gasteiger partial charge in [-0.25, -0.2) is 4.79 Å². The van der Waals surface area contributed by atoms with E-state index in [2.05, 4.69) is 13.8 Å². The zero-order valence-electron chi connectivity index (χ0n) is 12.5. The Hall–Kier alpha value is -1.71. The molecule has 0 aromatic heterocycles. The lowest BCUT2D eigenvalue weighted by molar-refractivity contribution is 0.0696. The highest BCUT2D eigenvalue weighted by molar-refractivity contribution is 5.88. The topological polar surface area (TPSA) is 55.8 Å². The summed E-state index contributed by atoms with van der Waals surface area (Å²) in [7, 11) is 1.52. The van der Waals surface area contributed by atoms with Crippen LogP contribution in [0.2, 0.25) is 0 Å². The molecule has 0 aliphatic rings. The lowest BCUT2D eigenvalue weighted by Gasteiger charge is -2.17. The Morgan fingerprint density at radius 3 is 2.60 bits per heavy atom. The zero-order chi connectivity index (χ0) is 15.0. The normalized spacial score (nSPS) is 11.9. The molecular formula is C16H24O4. The number of carboxylic acid groups (broad SMARTS) is 1. The van der Waals surface area contributed by atoms with Gasteiger partial charge in [0.1, 0.15) is 0 Å². The second kappa shape index (κ2) is 8.46. The van der Waals surface area contributed by atoms with E-state index >= 15 is 0 Å². The molecular weight excluding hydrogens is 256 g/mol. The Labute approximate surface area is 120 Å². The number of unbranched alkanes of at least 4 members (excludes halogenated alkanes) is 1. The molecule has 0 heterocycles. The predicted molar refractivity (Wildman–Crippen MR) is 78.8 cm³/mol. The molecule has 0 saturated heterocycles. The second-order valence-electron chi connectivity index (χ2n) is 4.90. The summed E-state index contributed by atoms with van der Waals surface area (Å²) in [5, 5.41) is 8.95. The summed E-state index contributed by atoms with van der Waals surface area (Å²) < 4.78 is 11.0. The van der Waals surface area contributed by atoms with Crippen molar-refractivity contribution in [3.05, 3.63) is 23.8 Å². The number of rotatable bonds is 9. The molecule has 1 aromatic rings. The second-order valence-corrected chi connectivity index (χ2v) is 4.90. The number of methoxy groups -OCH3 is 1. The van der Waals surface area contributed by atoms with Gasteiger partial charge in [0.25, 0.3) is 0 Å². The first kappa shape index (κ1) is 16.3. The van der Waals surface area contributed by atoms with Crippen molar-refractivity contribution < 1.29 is 19.4 Å². The first-order valence-electron chi connectivity index (χ1n) is 7.16. The van der Waals surface area contributed by atoms with E-state index in [4.69, 9.17) is 14.6 Å². The van der Waals surface area contributed by atoms with E-state index < -0.39 is 5.97 Å². The highest BCUT2D eigenvalue weighted by Crippen LogP contribution is 2.29. The van der Waals surface area contributed by atoms with Gasteiger partial charge < -0.3 is 14.6 Å². The van der Waals surface area contributed by atoms with Gasteiger partial charge in [0.05, 0.1) is 19.3 Å². The van der Waals surface area contributed by atoms with Gasteiger partial charge in [-0.2, -0.15) is 0 Å². The number of carbonyl (C=O) groups is 1. The molecule has 1 aromatic carbocycles. The van der Waals surface area contributed by atoms with Gasteiger partial charge in [-0.15, -0.1) is 0 Å². The van der Waals surface area contributed by atoms with Gasteiger partial charge in [0.15, 0.2) is 11.5 Å². The molecule has 112 valence electrons. The number of hydrogen-bond acceptors (Lipinski definition) is 3. The third-order valence-electron chi connectivity index (χ3n) is 3.43. The average molecular weight is 280 g/mol. The smallest absolute Gasteiger partial charge is 0.335 e. The van der Waals surface area contributed by atoms with Gasteiger partial charge in [-0.1, -0.05) is 33.1 Å². The number of benzene rings is 1. The standard InChI is InChI=1S/C16H24O4/c1-4-6-7-12(5-2)11-20-14-9-8-13(16(17)18)10-15(14)19-3/h8-10,12H,4-7,11H2,1-3H3,(H,17,18). The minimum Gasteiger partial charge on any atom is -0.493 e. The van der Waals surface area contributed by atoms with Crippen molar-refractivity contribution in [2.45, 2.75) is 39.5 Å². The number of carboxylic acids is 1. The Morgan fingerprint density at radius 2 is 2.05 bits per heavy atom. The first-order chi connectivity index (χ1) is 9.62. The van der Waals surface area contributed by atoms with Crippen molar-refractivity contribution >= 4 is 5.97 Å². The van der Waals surface area contributed by atoms with Crippen LogP contribution in [0.5, 0.6) is 11.5 Å². The monoisotopic (exact) mass is 280 g/mol. The summed E-state index contributed by atoms with van der Waals surface area (Å²) in [6, 6.07) is 4.69. The van der Waals surface area contributed by atoms with Gasteiger partial charge in [-0.3, -0.25) is 0 Å². The number of aromatic carboxylic acids is 1. The lowest BCUT2D eigenvalue weighted by atomic mass is 10.0. The van der Waals surface area contributed by atoms with Crippen LogP contribution in [0.25, 0.3) is 0 Å². The zero-order valence-corrected chi connectivity index (χ0v) is 12.5. The quantitative estimate of drug-likeness (QED) is 0.743. The van der Waals surface area contributed by atoms with E-state index in [0.717, 1.165) is 12.8 Å². The molecule has 4 nitrogen and oxygen atoms in total. The van der Waals surface area contributed by atoms with Crippen molar-refractivity contribution in [2.75, 3.05) is 13.7 Å². The van der Waals surface area contributed by atoms with Gasteiger partial charge >= 0.3 is 5.97 Å². The molecule has 1 atom stereocenters. The number of ether oxygens (including phenoxy) is 2. The predicted octanol–water partition coefficient (Wildman–Crippen LogP) is 3.99. The third-order valence-corrected chi connectivity index (χ3v) is 3.43. The van der Waals surface area contributed by atoms with E-state index in [9.17, 15) is 4.79 Å². The summed E-state index contributed by atoms with van der Waals surface area (Å²) in [4.78, 5) is 10.9. The van der Waals surface area contributed by atoms with E-state index in [1.54, 1.807) is 6.07 Å². The minimum atomic E-state index is -0.968. The molecule has 1 N–H and O–H groups in total. The van der Waals surface area contributed by atoms with Crippen molar-refractivity contribution in [1.82, 2.24) is 0 Å². The fourth-order valence-corrected chi connectivity index (χ4v) is 2.03. The minimum absolute atomic E-state index is 0.201. The third kappa shape index (κ3) is 4.76. The number of hydrogen-bond donors (Lipinski definition) is 1. The lowest BCUT2D eigenvalue weighted by Crippen LogP contribution is -2.12. The largest absolute Gasteiger partial charge is 0.493 e. The molecule has 0 spiro atoms. The van der Waals surface area contributed by atoms with Crippen LogP contribution in [0.1, 0.15) is 49.9 Å². The maximum absolute atomic E-state index is 10.9. The molecule has 20 heavy (non-hydrogen) atoms. The Balaban J connectivity index is 2.69. The molecule has 1 rings (SSSR count). The van der Waals surface area contributed by atoms with Crippen molar-refractivity contribution in [2.24, 2.45) is 5.92 Å². The highest BCUT2D eigenvalue weighted by Gasteiger charge is 2.12. The van der Waals surface area contributed by atoms with Crippen LogP contribution in [0.4, 0.5) is 0 Å². The van der Waals surface area contributed by atoms with Gasteiger partial charge in [0, 0.05) is 0 Å². The molecule has 0 aliphatic carbocycles. The van der Waals surface area contributed by atoms with E-state index in [1.807, 2.05) is 0 Å². The van der Waals surface area contributed by atoms with E-state index in [-0.39, 0.29) is 5.56 Å². The summed E-state index contributed by atoms with van der Waals surface area (Å²) in [5.41, 5.74) is 0.201. The molecule has 0 aliphatic heterocycles. The Kier molecular flexibility index (Phi) is 6.91. The van der Waals surface area contributed by atoms with Gasteiger partial charge in [-0.05, 0) is 30.5 Å². The van der Waals surface area contributed by atoms with Crippen LogP contribution in [-0.2, 0) is 0 Å². The maximum atomic E-state index is 10.9. The van der Waals surface area contributed by atoms with Crippen LogP contribution >= 0.6 is 0 Å². The average Bonchev–Trinajstić information content (AvgIpc) is 2.47. The molecule has 0 bridgehead atoms. The van der Waals surface area contributed by atoms with Crippen LogP contribution in [0.15, 0.2) is 18.2 Å². The molecule has 0 saturated carbocycles. The SMILES string of the molecule is CCCCC(CC)COc1ccc(C(=O)O)cc1OC. The molecule has 0 fully saturated rings. The first-order valence-corrected chi connectivity index (χ1v) is 7.16.